The molecule has 2 aromatic rings. The van der Waals surface area contributed by atoms with Crippen LogP contribution >= 0.6 is 0 Å². The molecule has 18 heavy (non-hydrogen) atoms. The van der Waals surface area contributed by atoms with E-state index in [2.05, 4.69) is 10.3 Å². The molecule has 5 heteroatoms. The van der Waals surface area contributed by atoms with Crippen LogP contribution in [-0.2, 0) is 13.0 Å². The van der Waals surface area contributed by atoms with E-state index in [-0.39, 0.29) is 6.61 Å². The molecule has 0 amide bonds. The van der Waals surface area contributed by atoms with Gasteiger partial charge in [0.2, 0.25) is 0 Å². The van der Waals surface area contributed by atoms with Gasteiger partial charge in [-0.3, -0.25) is 0 Å². The van der Waals surface area contributed by atoms with Crippen molar-refractivity contribution < 1.29 is 9.84 Å². The number of nitrogens with zero attached hydrogens (tertiary/aromatic N) is 3. The van der Waals surface area contributed by atoms with Crippen LogP contribution in [0.4, 0.5) is 0 Å². The molecule has 0 radical (unpaired) electrons. The van der Waals surface area contributed by atoms with Crippen molar-refractivity contribution in [1.29, 1.82) is 0 Å². The van der Waals surface area contributed by atoms with Gasteiger partial charge in [0, 0.05) is 19.2 Å². The van der Waals surface area contributed by atoms with Crippen LogP contribution in [0.3, 0.4) is 0 Å². The minimum absolute atomic E-state index is 0.0990. The van der Waals surface area contributed by atoms with Crippen molar-refractivity contribution in [2.24, 2.45) is 0 Å². The van der Waals surface area contributed by atoms with E-state index in [1.165, 1.54) is 0 Å². The fourth-order valence-electron chi connectivity index (χ4n) is 1.69. The van der Waals surface area contributed by atoms with Crippen LogP contribution in [0.5, 0.6) is 5.75 Å². The average molecular weight is 247 g/mol. The Bertz CT molecular complexity index is 479. The maximum Gasteiger partial charge on any atom is 0.119 e. The highest BCUT2D eigenvalue weighted by Crippen LogP contribution is 2.12. The van der Waals surface area contributed by atoms with Gasteiger partial charge in [0.25, 0.3) is 0 Å². The molecule has 0 spiro atoms. The van der Waals surface area contributed by atoms with Crippen molar-refractivity contribution in [1.82, 2.24) is 15.0 Å². The SMILES string of the molecule is CCOc1ccc(Cn2cc(CCO)nn2)cc1. The number of aromatic nitrogens is 3. The molecule has 0 fully saturated rings. The van der Waals surface area contributed by atoms with Gasteiger partial charge in [-0.1, -0.05) is 17.3 Å². The second-order valence-electron chi connectivity index (χ2n) is 3.96. The lowest BCUT2D eigenvalue weighted by molar-refractivity contribution is 0.298. The molecule has 2 rings (SSSR count). The summed E-state index contributed by atoms with van der Waals surface area (Å²) in [7, 11) is 0. The molecule has 0 bridgehead atoms. The van der Waals surface area contributed by atoms with E-state index in [0.717, 1.165) is 17.0 Å². The van der Waals surface area contributed by atoms with Crippen LogP contribution in [0.25, 0.3) is 0 Å². The number of rotatable bonds is 6. The monoisotopic (exact) mass is 247 g/mol. The molecule has 0 aliphatic rings. The number of aliphatic hydroxyl groups excluding tert-OH is 1. The maximum absolute atomic E-state index is 8.81. The summed E-state index contributed by atoms with van der Waals surface area (Å²) < 4.78 is 7.15. The molecule has 5 nitrogen and oxygen atoms in total. The van der Waals surface area contributed by atoms with Gasteiger partial charge in [-0.25, -0.2) is 4.68 Å². The highest BCUT2D eigenvalue weighted by Gasteiger charge is 2.01. The molecule has 0 aliphatic heterocycles. The van der Waals surface area contributed by atoms with E-state index in [1.807, 2.05) is 37.4 Å². The molecule has 96 valence electrons. The van der Waals surface area contributed by atoms with Crippen LogP contribution in [-0.4, -0.2) is 33.3 Å². The summed E-state index contributed by atoms with van der Waals surface area (Å²) in [4.78, 5) is 0. The zero-order valence-corrected chi connectivity index (χ0v) is 10.4. The van der Waals surface area contributed by atoms with E-state index < -0.39 is 0 Å². The Labute approximate surface area is 106 Å². The van der Waals surface area contributed by atoms with Gasteiger partial charge in [-0.15, -0.1) is 5.10 Å². The van der Waals surface area contributed by atoms with Crippen molar-refractivity contribution in [3.63, 3.8) is 0 Å². The Morgan fingerprint density at radius 1 is 1.28 bits per heavy atom. The first-order valence-electron chi connectivity index (χ1n) is 6.03. The van der Waals surface area contributed by atoms with E-state index in [4.69, 9.17) is 9.84 Å². The van der Waals surface area contributed by atoms with Gasteiger partial charge >= 0.3 is 0 Å². The molecule has 1 aromatic carbocycles. The van der Waals surface area contributed by atoms with Crippen molar-refractivity contribution in [3.05, 3.63) is 41.7 Å². The van der Waals surface area contributed by atoms with Crippen LogP contribution in [0.1, 0.15) is 18.2 Å². The molecule has 0 atom stereocenters. The molecule has 1 aromatic heterocycles. The smallest absolute Gasteiger partial charge is 0.119 e. The van der Waals surface area contributed by atoms with Crippen molar-refractivity contribution in [2.45, 2.75) is 19.9 Å². The standard InChI is InChI=1S/C13H17N3O2/c1-2-18-13-5-3-11(4-6-13)9-16-10-12(7-8-17)14-15-16/h3-6,10,17H,2,7-9H2,1H3. The minimum atomic E-state index is 0.0990. The Balaban J connectivity index is 1.99. The number of hydrogen-bond acceptors (Lipinski definition) is 4. The number of aliphatic hydroxyl groups is 1. The molecule has 0 aliphatic carbocycles. The average Bonchev–Trinajstić information content (AvgIpc) is 2.80. The third kappa shape index (κ3) is 3.30. The van der Waals surface area contributed by atoms with E-state index in [9.17, 15) is 0 Å². The van der Waals surface area contributed by atoms with E-state index in [0.29, 0.717) is 19.6 Å². The maximum atomic E-state index is 8.81. The van der Waals surface area contributed by atoms with Gasteiger partial charge in [0.15, 0.2) is 0 Å². The molecule has 0 saturated heterocycles. The molecular formula is C13H17N3O2. The molecule has 0 saturated carbocycles. The van der Waals surface area contributed by atoms with Crippen LogP contribution in [0.15, 0.2) is 30.5 Å². The second-order valence-corrected chi connectivity index (χ2v) is 3.96. The van der Waals surface area contributed by atoms with Gasteiger partial charge in [0.1, 0.15) is 5.75 Å². The molecular weight excluding hydrogens is 230 g/mol. The van der Waals surface area contributed by atoms with E-state index >= 15 is 0 Å². The summed E-state index contributed by atoms with van der Waals surface area (Å²) in [6, 6.07) is 7.92. The van der Waals surface area contributed by atoms with Crippen molar-refractivity contribution >= 4 is 0 Å². The minimum Gasteiger partial charge on any atom is -0.494 e. The zero-order valence-electron chi connectivity index (χ0n) is 10.4. The number of hydrogen-bond donors (Lipinski definition) is 1. The number of benzene rings is 1. The fraction of sp³-hybridized carbons (Fsp3) is 0.385. The van der Waals surface area contributed by atoms with Crippen LogP contribution < -0.4 is 4.74 Å². The summed E-state index contributed by atoms with van der Waals surface area (Å²) in [6.45, 7) is 3.41. The first-order chi connectivity index (χ1) is 8.81. The number of ether oxygens (including phenoxy) is 1. The predicted octanol–water partition coefficient (Wildman–Crippen LogP) is 1.26. The zero-order chi connectivity index (χ0) is 12.8. The lowest BCUT2D eigenvalue weighted by atomic mass is 10.2. The van der Waals surface area contributed by atoms with Crippen LogP contribution in [0.2, 0.25) is 0 Å². The quantitative estimate of drug-likeness (QED) is 0.834. The van der Waals surface area contributed by atoms with Gasteiger partial charge < -0.3 is 9.84 Å². The Morgan fingerprint density at radius 3 is 2.72 bits per heavy atom. The molecule has 1 N–H and O–H groups in total. The topological polar surface area (TPSA) is 60.2 Å². The third-order valence-corrected chi connectivity index (χ3v) is 2.53. The predicted molar refractivity (Wildman–Crippen MR) is 67.5 cm³/mol. The highest BCUT2D eigenvalue weighted by molar-refractivity contribution is 5.27. The summed E-state index contributed by atoms with van der Waals surface area (Å²) in [5, 5.41) is 16.8. The first-order valence-corrected chi connectivity index (χ1v) is 6.03. The summed E-state index contributed by atoms with van der Waals surface area (Å²) in [6.07, 6.45) is 2.40. The first kappa shape index (κ1) is 12.6. The largest absolute Gasteiger partial charge is 0.494 e. The van der Waals surface area contributed by atoms with Gasteiger partial charge in [-0.05, 0) is 24.6 Å². The lowest BCUT2D eigenvalue weighted by Gasteiger charge is -2.04. The Kier molecular flexibility index (Phi) is 4.30. The molecule has 0 unspecified atom stereocenters. The van der Waals surface area contributed by atoms with Crippen molar-refractivity contribution in [2.75, 3.05) is 13.2 Å². The summed E-state index contributed by atoms with van der Waals surface area (Å²) in [5.41, 5.74) is 1.95. The Hall–Kier alpha value is -1.88. The third-order valence-electron chi connectivity index (χ3n) is 2.53. The van der Waals surface area contributed by atoms with Crippen molar-refractivity contribution in [3.8, 4) is 5.75 Å². The normalized spacial score (nSPS) is 10.6. The highest BCUT2D eigenvalue weighted by atomic mass is 16.5. The fourth-order valence-corrected chi connectivity index (χ4v) is 1.69. The van der Waals surface area contributed by atoms with Gasteiger partial charge in [-0.2, -0.15) is 0 Å². The van der Waals surface area contributed by atoms with E-state index in [1.54, 1.807) is 4.68 Å². The van der Waals surface area contributed by atoms with Crippen LogP contribution in [0, 0.1) is 0 Å². The van der Waals surface area contributed by atoms with Gasteiger partial charge in [0.05, 0.1) is 18.8 Å². The second kappa shape index (κ2) is 6.16. The Morgan fingerprint density at radius 2 is 2.06 bits per heavy atom. The lowest BCUT2D eigenvalue weighted by Crippen LogP contribution is -2.00. The summed E-state index contributed by atoms with van der Waals surface area (Å²) >= 11 is 0. The summed E-state index contributed by atoms with van der Waals surface area (Å²) in [5.74, 6) is 0.876. The molecule has 1 heterocycles.